The molecule has 0 atom stereocenters. The van der Waals surface area contributed by atoms with Crippen molar-refractivity contribution in [3.63, 3.8) is 0 Å². The van der Waals surface area contributed by atoms with Crippen LogP contribution in [-0.4, -0.2) is 11.7 Å². The molecule has 0 saturated heterocycles. The Morgan fingerprint density at radius 1 is 1.18 bits per heavy atom. The van der Waals surface area contributed by atoms with Crippen LogP contribution in [0.2, 0.25) is 0 Å². The highest BCUT2D eigenvalue weighted by Crippen LogP contribution is 2.08. The van der Waals surface area contributed by atoms with E-state index in [1.54, 1.807) is 20.8 Å². The van der Waals surface area contributed by atoms with Gasteiger partial charge < -0.3 is 4.74 Å². The number of nitrogens with one attached hydrogen (secondary N) is 2. The molecule has 0 radical (unpaired) electrons. The first-order valence-corrected chi connectivity index (χ1v) is 5.38. The number of amides is 1. The van der Waals surface area contributed by atoms with Crippen LogP contribution in [0.1, 0.15) is 26.3 Å². The fourth-order valence-corrected chi connectivity index (χ4v) is 1.14. The maximum atomic E-state index is 11.4. The van der Waals surface area contributed by atoms with Crippen molar-refractivity contribution in [3.05, 3.63) is 42.5 Å². The van der Waals surface area contributed by atoms with Gasteiger partial charge in [-0.1, -0.05) is 36.9 Å². The predicted molar refractivity (Wildman–Crippen MR) is 68.0 cm³/mol. The summed E-state index contributed by atoms with van der Waals surface area (Å²) in [6, 6.07) is 9.50. The fourth-order valence-electron chi connectivity index (χ4n) is 1.14. The molecule has 0 aliphatic heterocycles. The topological polar surface area (TPSA) is 50.4 Å². The first kappa shape index (κ1) is 13.1. The number of carbonyl (C=O) groups excluding carboxylic acids is 1. The predicted octanol–water partition coefficient (Wildman–Crippen LogP) is 2.69. The highest BCUT2D eigenvalue weighted by atomic mass is 16.6. The van der Waals surface area contributed by atoms with Gasteiger partial charge in [0, 0.05) is 0 Å². The number of rotatable bonds is 3. The zero-order valence-electron chi connectivity index (χ0n) is 10.4. The standard InChI is InChI=1S/C13H18N2O2/c1-10(11-8-6-5-7-9-11)14-15-12(16)17-13(2,3)4/h5-9,14H,1H2,2-4H3,(H,15,16). The molecule has 17 heavy (non-hydrogen) atoms. The van der Waals surface area contributed by atoms with Crippen LogP contribution in [0.25, 0.3) is 5.70 Å². The minimum Gasteiger partial charge on any atom is -0.443 e. The lowest BCUT2D eigenvalue weighted by Crippen LogP contribution is -2.40. The molecule has 0 heterocycles. The monoisotopic (exact) mass is 234 g/mol. The van der Waals surface area contributed by atoms with E-state index in [4.69, 9.17) is 4.74 Å². The molecule has 1 aromatic rings. The van der Waals surface area contributed by atoms with Crippen molar-refractivity contribution in [2.75, 3.05) is 0 Å². The summed E-state index contributed by atoms with van der Waals surface area (Å²) in [5, 5.41) is 0. The van der Waals surface area contributed by atoms with Gasteiger partial charge in [-0.3, -0.25) is 5.43 Å². The summed E-state index contributed by atoms with van der Waals surface area (Å²) in [6.45, 7) is 9.22. The van der Waals surface area contributed by atoms with Gasteiger partial charge in [0.2, 0.25) is 0 Å². The smallest absolute Gasteiger partial charge is 0.426 e. The van der Waals surface area contributed by atoms with E-state index in [2.05, 4.69) is 17.4 Å². The van der Waals surface area contributed by atoms with Gasteiger partial charge in [0.05, 0.1) is 5.70 Å². The number of hydrogen-bond acceptors (Lipinski definition) is 3. The van der Waals surface area contributed by atoms with E-state index in [-0.39, 0.29) is 0 Å². The van der Waals surface area contributed by atoms with E-state index >= 15 is 0 Å². The molecular weight excluding hydrogens is 216 g/mol. The molecule has 92 valence electrons. The fraction of sp³-hybridized carbons (Fsp3) is 0.308. The van der Waals surface area contributed by atoms with Crippen molar-refractivity contribution >= 4 is 11.8 Å². The van der Waals surface area contributed by atoms with Gasteiger partial charge in [-0.25, -0.2) is 10.2 Å². The van der Waals surface area contributed by atoms with E-state index < -0.39 is 11.7 Å². The van der Waals surface area contributed by atoms with E-state index in [0.717, 1.165) is 5.56 Å². The van der Waals surface area contributed by atoms with Gasteiger partial charge in [0.1, 0.15) is 5.60 Å². The average Bonchev–Trinajstić information content (AvgIpc) is 2.25. The summed E-state index contributed by atoms with van der Waals surface area (Å²) >= 11 is 0. The van der Waals surface area contributed by atoms with Crippen LogP contribution < -0.4 is 10.9 Å². The number of carbonyl (C=O) groups is 1. The van der Waals surface area contributed by atoms with Crippen LogP contribution in [0.3, 0.4) is 0 Å². The third kappa shape index (κ3) is 5.06. The first-order valence-electron chi connectivity index (χ1n) is 5.38. The summed E-state index contributed by atoms with van der Waals surface area (Å²) < 4.78 is 5.07. The van der Waals surface area contributed by atoms with E-state index in [9.17, 15) is 4.79 Å². The molecule has 0 aliphatic rings. The molecule has 0 saturated carbocycles. The maximum absolute atomic E-state index is 11.4. The minimum absolute atomic E-state index is 0.514. The summed E-state index contributed by atoms with van der Waals surface area (Å²) in [6.07, 6.45) is -0.533. The maximum Gasteiger partial charge on any atom is 0.426 e. The van der Waals surface area contributed by atoms with Crippen molar-refractivity contribution < 1.29 is 9.53 Å². The Labute approximate surface area is 102 Å². The van der Waals surface area contributed by atoms with Gasteiger partial charge in [0.15, 0.2) is 0 Å². The Kier molecular flexibility index (Phi) is 4.15. The van der Waals surface area contributed by atoms with Gasteiger partial charge in [-0.05, 0) is 26.3 Å². The number of hydrogen-bond donors (Lipinski definition) is 2. The number of hydrazine groups is 1. The molecule has 0 spiro atoms. The van der Waals surface area contributed by atoms with Crippen LogP contribution in [0.15, 0.2) is 36.9 Å². The first-order chi connectivity index (χ1) is 7.88. The van der Waals surface area contributed by atoms with Crippen LogP contribution in [-0.2, 0) is 4.74 Å². The molecule has 0 unspecified atom stereocenters. The normalized spacial score (nSPS) is 10.5. The van der Waals surface area contributed by atoms with Crippen molar-refractivity contribution in [2.45, 2.75) is 26.4 Å². The van der Waals surface area contributed by atoms with E-state index in [0.29, 0.717) is 5.70 Å². The number of benzene rings is 1. The van der Waals surface area contributed by atoms with Crippen LogP contribution in [0.5, 0.6) is 0 Å². The second-order valence-corrected chi connectivity index (χ2v) is 4.60. The lowest BCUT2D eigenvalue weighted by atomic mass is 10.2. The zero-order chi connectivity index (χ0) is 12.9. The molecule has 4 nitrogen and oxygen atoms in total. The molecule has 4 heteroatoms. The molecule has 0 fully saturated rings. The Hall–Kier alpha value is -1.97. The summed E-state index contributed by atoms with van der Waals surface area (Å²) in [5.74, 6) is 0. The van der Waals surface area contributed by atoms with Gasteiger partial charge in [0.25, 0.3) is 0 Å². The van der Waals surface area contributed by atoms with Crippen molar-refractivity contribution in [1.82, 2.24) is 10.9 Å². The molecule has 0 aliphatic carbocycles. The third-order valence-corrected chi connectivity index (χ3v) is 1.84. The quantitative estimate of drug-likeness (QED) is 0.790. The largest absolute Gasteiger partial charge is 0.443 e. The molecular formula is C13H18N2O2. The summed E-state index contributed by atoms with van der Waals surface area (Å²) in [4.78, 5) is 11.4. The Morgan fingerprint density at radius 2 is 1.76 bits per heavy atom. The van der Waals surface area contributed by atoms with Crippen LogP contribution in [0.4, 0.5) is 4.79 Å². The number of ether oxygens (including phenoxy) is 1. The van der Waals surface area contributed by atoms with Crippen molar-refractivity contribution in [1.29, 1.82) is 0 Å². The second-order valence-electron chi connectivity index (χ2n) is 4.60. The van der Waals surface area contributed by atoms with Gasteiger partial charge in [-0.15, -0.1) is 0 Å². The van der Waals surface area contributed by atoms with Crippen LogP contribution >= 0.6 is 0 Å². The Morgan fingerprint density at radius 3 is 2.29 bits per heavy atom. The average molecular weight is 234 g/mol. The molecule has 2 N–H and O–H groups in total. The summed E-state index contributed by atoms with van der Waals surface area (Å²) in [5.41, 5.74) is 6.13. The Balaban J connectivity index is 2.42. The summed E-state index contributed by atoms with van der Waals surface area (Å²) in [7, 11) is 0. The van der Waals surface area contributed by atoms with E-state index in [1.807, 2.05) is 30.3 Å². The van der Waals surface area contributed by atoms with Crippen molar-refractivity contribution in [2.24, 2.45) is 0 Å². The zero-order valence-corrected chi connectivity index (χ0v) is 10.4. The highest BCUT2D eigenvalue weighted by molar-refractivity contribution is 5.70. The second kappa shape index (κ2) is 5.39. The third-order valence-electron chi connectivity index (χ3n) is 1.84. The molecule has 0 bridgehead atoms. The molecule has 1 aromatic carbocycles. The minimum atomic E-state index is -0.533. The molecule has 1 rings (SSSR count). The molecule has 1 amide bonds. The molecule has 0 aromatic heterocycles. The lowest BCUT2D eigenvalue weighted by Gasteiger charge is -2.20. The van der Waals surface area contributed by atoms with Gasteiger partial charge in [-0.2, -0.15) is 0 Å². The Bertz CT molecular complexity index is 394. The van der Waals surface area contributed by atoms with Crippen molar-refractivity contribution in [3.8, 4) is 0 Å². The highest BCUT2D eigenvalue weighted by Gasteiger charge is 2.15. The van der Waals surface area contributed by atoms with Crippen LogP contribution in [0, 0.1) is 0 Å². The van der Waals surface area contributed by atoms with E-state index in [1.165, 1.54) is 0 Å². The van der Waals surface area contributed by atoms with Gasteiger partial charge >= 0.3 is 6.09 Å². The SMILES string of the molecule is C=C(NNC(=O)OC(C)(C)C)c1ccccc1. The lowest BCUT2D eigenvalue weighted by molar-refractivity contribution is 0.0511.